The highest BCUT2D eigenvalue weighted by Crippen LogP contribution is 2.42. The maximum Gasteiger partial charge on any atom is 0.419 e. The van der Waals surface area contributed by atoms with E-state index in [2.05, 4.69) is 6.58 Å². The number of benzene rings is 1. The predicted octanol–water partition coefficient (Wildman–Crippen LogP) is 3.90. The normalized spacial score (nSPS) is 19.9. The lowest BCUT2D eigenvalue weighted by atomic mass is 10.1. The van der Waals surface area contributed by atoms with Crippen molar-refractivity contribution in [3.05, 3.63) is 41.4 Å². The molecule has 1 aromatic carbocycles. The molecule has 0 aliphatic carbocycles. The van der Waals surface area contributed by atoms with Gasteiger partial charge in [-0.25, -0.2) is 0 Å². The van der Waals surface area contributed by atoms with Crippen LogP contribution in [0.5, 0.6) is 0 Å². The molecule has 19 heavy (non-hydrogen) atoms. The molecule has 0 radical (unpaired) electrons. The van der Waals surface area contributed by atoms with Gasteiger partial charge in [-0.1, -0.05) is 23.7 Å². The maximum atomic E-state index is 13.0. The van der Waals surface area contributed by atoms with Crippen LogP contribution in [0.3, 0.4) is 0 Å². The number of carbonyl (C=O) groups excluding carboxylic acids is 1. The molecule has 0 saturated carbocycles. The summed E-state index contributed by atoms with van der Waals surface area (Å²) in [4.78, 5) is 12.9. The minimum absolute atomic E-state index is 0.132. The molecule has 1 saturated heterocycles. The Labute approximate surface area is 113 Å². The first-order chi connectivity index (χ1) is 8.84. The van der Waals surface area contributed by atoms with Crippen LogP contribution in [-0.2, 0) is 11.0 Å². The molecule has 2 nitrogen and oxygen atoms in total. The van der Waals surface area contributed by atoms with Crippen molar-refractivity contribution in [3.63, 3.8) is 0 Å². The number of alkyl halides is 3. The third kappa shape index (κ3) is 2.61. The third-order valence-electron chi connectivity index (χ3n) is 3.05. The molecule has 0 aromatic heterocycles. The van der Waals surface area contributed by atoms with Gasteiger partial charge in [-0.3, -0.25) is 4.79 Å². The highest BCUT2D eigenvalue weighted by atomic mass is 35.5. The van der Waals surface area contributed by atoms with E-state index in [0.717, 1.165) is 4.90 Å². The number of carbonyl (C=O) groups is 1. The summed E-state index contributed by atoms with van der Waals surface area (Å²) in [5, 5.41) is -0.403. The zero-order valence-corrected chi connectivity index (χ0v) is 10.6. The SMILES string of the molecule is C=CC1CC(=O)N(c2cccc(Cl)c2C(F)(F)F)C1. The van der Waals surface area contributed by atoms with Crippen molar-refractivity contribution in [1.29, 1.82) is 0 Å². The van der Waals surface area contributed by atoms with Crippen molar-refractivity contribution in [2.75, 3.05) is 11.4 Å². The number of halogens is 4. The smallest absolute Gasteiger partial charge is 0.311 e. The van der Waals surface area contributed by atoms with E-state index in [1.807, 2.05) is 0 Å². The van der Waals surface area contributed by atoms with Crippen LogP contribution in [0.25, 0.3) is 0 Å². The van der Waals surface area contributed by atoms with Crippen LogP contribution >= 0.6 is 11.6 Å². The molecule has 102 valence electrons. The second kappa shape index (κ2) is 4.89. The van der Waals surface area contributed by atoms with Crippen molar-refractivity contribution in [2.24, 2.45) is 5.92 Å². The van der Waals surface area contributed by atoms with E-state index < -0.39 is 16.8 Å². The molecule has 0 N–H and O–H groups in total. The Kier molecular flexibility index (Phi) is 3.58. The van der Waals surface area contributed by atoms with Crippen LogP contribution in [0, 0.1) is 5.92 Å². The minimum atomic E-state index is -4.60. The van der Waals surface area contributed by atoms with Gasteiger partial charge in [0, 0.05) is 18.9 Å². The van der Waals surface area contributed by atoms with Gasteiger partial charge in [0.15, 0.2) is 0 Å². The fourth-order valence-electron chi connectivity index (χ4n) is 2.14. The molecule has 1 aliphatic rings. The maximum absolute atomic E-state index is 13.0. The van der Waals surface area contributed by atoms with E-state index in [-0.39, 0.29) is 30.5 Å². The molecule has 1 amide bonds. The van der Waals surface area contributed by atoms with Crippen LogP contribution in [0.1, 0.15) is 12.0 Å². The van der Waals surface area contributed by atoms with Gasteiger partial charge in [-0.2, -0.15) is 13.2 Å². The first-order valence-electron chi connectivity index (χ1n) is 5.63. The van der Waals surface area contributed by atoms with Gasteiger partial charge in [0.2, 0.25) is 5.91 Å². The lowest BCUT2D eigenvalue weighted by Gasteiger charge is -2.22. The molecule has 1 aromatic rings. The minimum Gasteiger partial charge on any atom is -0.311 e. The average Bonchev–Trinajstić information content (AvgIpc) is 2.68. The number of amides is 1. The summed E-state index contributed by atoms with van der Waals surface area (Å²) in [6, 6.07) is 3.83. The van der Waals surface area contributed by atoms with Crippen molar-refractivity contribution in [2.45, 2.75) is 12.6 Å². The molecule has 1 fully saturated rings. The lowest BCUT2D eigenvalue weighted by molar-refractivity contribution is -0.137. The summed E-state index contributed by atoms with van der Waals surface area (Å²) in [6.45, 7) is 3.77. The number of rotatable bonds is 2. The van der Waals surface area contributed by atoms with Crippen LogP contribution in [0.2, 0.25) is 5.02 Å². The summed E-state index contributed by atoms with van der Waals surface area (Å²) >= 11 is 5.63. The highest BCUT2D eigenvalue weighted by Gasteiger charge is 2.40. The van der Waals surface area contributed by atoms with E-state index in [9.17, 15) is 18.0 Å². The van der Waals surface area contributed by atoms with Crippen LogP contribution in [0.15, 0.2) is 30.9 Å². The molecule has 0 spiro atoms. The number of anilines is 1. The van der Waals surface area contributed by atoms with Crippen molar-refractivity contribution in [1.82, 2.24) is 0 Å². The van der Waals surface area contributed by atoms with Gasteiger partial charge < -0.3 is 4.90 Å². The second-order valence-electron chi connectivity index (χ2n) is 4.34. The Balaban J connectivity index is 2.49. The van der Waals surface area contributed by atoms with Crippen LogP contribution in [-0.4, -0.2) is 12.5 Å². The zero-order valence-electron chi connectivity index (χ0n) is 9.88. The molecular formula is C13H11ClF3NO. The monoisotopic (exact) mass is 289 g/mol. The quantitative estimate of drug-likeness (QED) is 0.756. The zero-order chi connectivity index (χ0) is 14.2. The fourth-order valence-corrected chi connectivity index (χ4v) is 2.42. The van der Waals surface area contributed by atoms with Crippen molar-refractivity contribution < 1.29 is 18.0 Å². The predicted molar refractivity (Wildman–Crippen MR) is 67.1 cm³/mol. The lowest BCUT2D eigenvalue weighted by Crippen LogP contribution is -2.27. The van der Waals surface area contributed by atoms with Gasteiger partial charge >= 0.3 is 6.18 Å². The summed E-state index contributed by atoms with van der Waals surface area (Å²) in [5.41, 5.74) is -1.15. The highest BCUT2D eigenvalue weighted by molar-refractivity contribution is 6.32. The Morgan fingerprint density at radius 3 is 2.63 bits per heavy atom. The third-order valence-corrected chi connectivity index (χ3v) is 3.37. The van der Waals surface area contributed by atoms with Gasteiger partial charge in [-0.05, 0) is 12.1 Å². The number of hydrogen-bond donors (Lipinski definition) is 0. The van der Waals surface area contributed by atoms with Gasteiger partial charge in [0.25, 0.3) is 0 Å². The van der Waals surface area contributed by atoms with E-state index in [0.29, 0.717) is 0 Å². The van der Waals surface area contributed by atoms with E-state index in [1.54, 1.807) is 6.08 Å². The molecule has 2 rings (SSSR count). The van der Waals surface area contributed by atoms with Crippen LogP contribution in [0.4, 0.5) is 18.9 Å². The molecular weight excluding hydrogens is 279 g/mol. The molecule has 1 unspecified atom stereocenters. The number of hydrogen-bond acceptors (Lipinski definition) is 1. The first-order valence-corrected chi connectivity index (χ1v) is 6.01. The van der Waals surface area contributed by atoms with Crippen molar-refractivity contribution >= 4 is 23.2 Å². The van der Waals surface area contributed by atoms with Crippen LogP contribution < -0.4 is 4.90 Å². The topological polar surface area (TPSA) is 20.3 Å². The fraction of sp³-hybridized carbons (Fsp3) is 0.308. The molecule has 6 heteroatoms. The van der Waals surface area contributed by atoms with Gasteiger partial charge in [0.1, 0.15) is 0 Å². The average molecular weight is 290 g/mol. The molecule has 0 bridgehead atoms. The van der Waals surface area contributed by atoms with Crippen molar-refractivity contribution in [3.8, 4) is 0 Å². The summed E-state index contributed by atoms with van der Waals surface area (Å²) in [6.07, 6.45) is -2.84. The standard InChI is InChI=1S/C13H11ClF3NO/c1-2-8-6-11(19)18(7-8)10-5-3-4-9(14)12(10)13(15,16)17/h2-5,8H,1,6-7H2. The largest absolute Gasteiger partial charge is 0.419 e. The Bertz CT molecular complexity index is 527. The summed E-state index contributed by atoms with van der Waals surface area (Å²) in [7, 11) is 0. The molecule has 1 aliphatic heterocycles. The van der Waals surface area contributed by atoms with E-state index in [1.165, 1.54) is 18.2 Å². The summed E-state index contributed by atoms with van der Waals surface area (Å²) < 4.78 is 39.1. The van der Waals surface area contributed by atoms with Gasteiger partial charge in [0.05, 0.1) is 16.3 Å². The summed E-state index contributed by atoms with van der Waals surface area (Å²) in [5.74, 6) is -0.481. The Morgan fingerprint density at radius 2 is 2.11 bits per heavy atom. The second-order valence-corrected chi connectivity index (χ2v) is 4.74. The molecule has 1 heterocycles. The first kappa shape index (κ1) is 13.9. The van der Waals surface area contributed by atoms with E-state index >= 15 is 0 Å². The Morgan fingerprint density at radius 1 is 1.42 bits per heavy atom. The Hall–Kier alpha value is -1.49. The molecule has 1 atom stereocenters. The number of nitrogens with zero attached hydrogens (tertiary/aromatic N) is 1. The van der Waals surface area contributed by atoms with E-state index in [4.69, 9.17) is 11.6 Å². The van der Waals surface area contributed by atoms with Gasteiger partial charge in [-0.15, -0.1) is 6.58 Å².